The molecule has 2 heterocycles. The minimum Gasteiger partial charge on any atom is -0.356 e. The van der Waals surface area contributed by atoms with Crippen molar-refractivity contribution in [1.82, 2.24) is 24.3 Å². The maximum absolute atomic E-state index is 4.24. The predicted molar refractivity (Wildman–Crippen MR) is 61.1 cm³/mol. The fourth-order valence-electron chi connectivity index (χ4n) is 1.57. The number of aromatic nitrogens is 5. The van der Waals surface area contributed by atoms with Crippen molar-refractivity contribution >= 4 is 5.95 Å². The second-order valence-corrected chi connectivity index (χ2v) is 3.58. The molecular formula is C10H16N6. The third-order valence-corrected chi connectivity index (χ3v) is 2.43. The summed E-state index contributed by atoms with van der Waals surface area (Å²) in [5.74, 6) is 1.89. The van der Waals surface area contributed by atoms with E-state index in [0.29, 0.717) is 0 Å². The Morgan fingerprint density at radius 2 is 2.31 bits per heavy atom. The molecule has 0 radical (unpaired) electrons. The Kier molecular flexibility index (Phi) is 3.19. The summed E-state index contributed by atoms with van der Waals surface area (Å²) in [7, 11) is 1.95. The van der Waals surface area contributed by atoms with E-state index in [2.05, 4.69) is 32.0 Å². The summed E-state index contributed by atoms with van der Waals surface area (Å²) in [6, 6.07) is 0. The Hall–Kier alpha value is -1.85. The van der Waals surface area contributed by atoms with Gasteiger partial charge in [-0.3, -0.25) is 0 Å². The highest BCUT2D eigenvalue weighted by atomic mass is 15.3. The van der Waals surface area contributed by atoms with Crippen LogP contribution in [0.2, 0.25) is 0 Å². The van der Waals surface area contributed by atoms with E-state index in [0.717, 1.165) is 31.3 Å². The Morgan fingerprint density at radius 3 is 3.00 bits per heavy atom. The molecule has 16 heavy (non-hydrogen) atoms. The van der Waals surface area contributed by atoms with Gasteiger partial charge >= 0.3 is 0 Å². The molecule has 0 aromatic carbocycles. The maximum atomic E-state index is 4.24. The summed E-state index contributed by atoms with van der Waals surface area (Å²) in [6.07, 6.45) is 6.34. The average molecular weight is 220 g/mol. The zero-order chi connectivity index (χ0) is 11.4. The first kappa shape index (κ1) is 10.7. The molecule has 0 atom stereocenters. The molecule has 6 heteroatoms. The van der Waals surface area contributed by atoms with Gasteiger partial charge in [0.15, 0.2) is 0 Å². The number of hydrogen-bond donors (Lipinski definition) is 1. The largest absolute Gasteiger partial charge is 0.356 e. The molecule has 2 rings (SSSR count). The molecule has 0 saturated carbocycles. The number of imidazole rings is 1. The summed E-state index contributed by atoms with van der Waals surface area (Å²) in [6.45, 7) is 3.79. The lowest BCUT2D eigenvalue weighted by Crippen LogP contribution is -2.09. The van der Waals surface area contributed by atoms with Crippen molar-refractivity contribution in [2.75, 3.05) is 11.9 Å². The van der Waals surface area contributed by atoms with Crippen molar-refractivity contribution in [3.8, 4) is 0 Å². The van der Waals surface area contributed by atoms with Gasteiger partial charge in [-0.15, -0.1) is 10.2 Å². The highest BCUT2D eigenvalue weighted by molar-refractivity contribution is 5.25. The lowest BCUT2D eigenvalue weighted by molar-refractivity contribution is 0.652. The lowest BCUT2D eigenvalue weighted by Gasteiger charge is -2.07. The second kappa shape index (κ2) is 4.78. The molecule has 0 fully saturated rings. The van der Waals surface area contributed by atoms with Gasteiger partial charge in [-0.1, -0.05) is 0 Å². The van der Waals surface area contributed by atoms with Gasteiger partial charge in [-0.05, 0) is 6.92 Å². The normalized spacial score (nSPS) is 10.6. The van der Waals surface area contributed by atoms with Gasteiger partial charge in [-0.2, -0.15) is 0 Å². The molecule has 0 amide bonds. The van der Waals surface area contributed by atoms with E-state index >= 15 is 0 Å². The van der Waals surface area contributed by atoms with Gasteiger partial charge in [-0.25, -0.2) is 4.98 Å². The summed E-state index contributed by atoms with van der Waals surface area (Å²) in [5.41, 5.74) is 0. The molecule has 86 valence electrons. The van der Waals surface area contributed by atoms with Crippen molar-refractivity contribution < 1.29 is 0 Å². The average Bonchev–Trinajstić information content (AvgIpc) is 2.86. The predicted octanol–water partition coefficient (Wildman–Crippen LogP) is 0.686. The van der Waals surface area contributed by atoms with Crippen molar-refractivity contribution in [1.29, 1.82) is 0 Å². The van der Waals surface area contributed by atoms with Crippen molar-refractivity contribution in [2.45, 2.75) is 19.9 Å². The fourth-order valence-corrected chi connectivity index (χ4v) is 1.57. The van der Waals surface area contributed by atoms with Crippen LogP contribution in [-0.4, -0.2) is 30.9 Å². The first-order chi connectivity index (χ1) is 7.81. The molecule has 0 spiro atoms. The smallest absolute Gasteiger partial charge is 0.202 e. The van der Waals surface area contributed by atoms with Gasteiger partial charge in [0.1, 0.15) is 12.2 Å². The first-order valence-corrected chi connectivity index (χ1v) is 5.39. The molecule has 0 bridgehead atoms. The highest BCUT2D eigenvalue weighted by Gasteiger charge is 2.04. The molecule has 0 aliphatic heterocycles. The van der Waals surface area contributed by atoms with E-state index < -0.39 is 0 Å². The van der Waals surface area contributed by atoms with Crippen LogP contribution >= 0.6 is 0 Å². The summed E-state index contributed by atoms with van der Waals surface area (Å²) in [5, 5.41) is 11.1. The first-order valence-electron chi connectivity index (χ1n) is 5.39. The molecule has 0 aliphatic carbocycles. The summed E-state index contributed by atoms with van der Waals surface area (Å²) < 4.78 is 4.02. The molecule has 0 saturated heterocycles. The van der Waals surface area contributed by atoms with E-state index in [1.54, 1.807) is 12.5 Å². The van der Waals surface area contributed by atoms with Gasteiger partial charge < -0.3 is 14.5 Å². The highest BCUT2D eigenvalue weighted by Crippen LogP contribution is 2.05. The van der Waals surface area contributed by atoms with E-state index in [1.807, 2.05) is 17.8 Å². The number of anilines is 1. The van der Waals surface area contributed by atoms with Crippen LogP contribution in [0.25, 0.3) is 0 Å². The molecule has 1 N–H and O–H groups in total. The molecule has 0 unspecified atom stereocenters. The zero-order valence-electron chi connectivity index (χ0n) is 9.59. The summed E-state index contributed by atoms with van der Waals surface area (Å²) in [4.78, 5) is 4.24. The van der Waals surface area contributed by atoms with E-state index in [-0.39, 0.29) is 0 Å². The number of nitrogens with one attached hydrogen (secondary N) is 1. The van der Waals surface area contributed by atoms with Crippen LogP contribution < -0.4 is 5.32 Å². The van der Waals surface area contributed by atoms with Crippen LogP contribution in [-0.2, 0) is 20.0 Å². The zero-order valence-corrected chi connectivity index (χ0v) is 9.59. The Bertz CT molecular complexity index is 444. The Balaban J connectivity index is 1.99. The SMILES string of the molecule is CCNc1nccn1CCc1nncn1C. The fraction of sp³-hybridized carbons (Fsp3) is 0.500. The quantitative estimate of drug-likeness (QED) is 0.805. The topological polar surface area (TPSA) is 60.6 Å². The second-order valence-electron chi connectivity index (χ2n) is 3.58. The van der Waals surface area contributed by atoms with Crippen LogP contribution in [0.15, 0.2) is 18.7 Å². The minimum atomic E-state index is 0.852. The van der Waals surface area contributed by atoms with Crippen molar-refractivity contribution in [2.24, 2.45) is 7.05 Å². The van der Waals surface area contributed by atoms with Crippen molar-refractivity contribution in [3.05, 3.63) is 24.5 Å². The Morgan fingerprint density at radius 1 is 1.44 bits per heavy atom. The van der Waals surface area contributed by atoms with Gasteiger partial charge in [0, 0.05) is 39.0 Å². The van der Waals surface area contributed by atoms with Crippen LogP contribution in [0.1, 0.15) is 12.7 Å². The third-order valence-electron chi connectivity index (χ3n) is 2.43. The number of rotatable bonds is 5. The van der Waals surface area contributed by atoms with Crippen LogP contribution in [0.4, 0.5) is 5.95 Å². The summed E-state index contributed by atoms with van der Waals surface area (Å²) >= 11 is 0. The number of hydrogen-bond acceptors (Lipinski definition) is 4. The third kappa shape index (κ3) is 2.21. The molecule has 2 aromatic heterocycles. The lowest BCUT2D eigenvalue weighted by atomic mass is 10.4. The minimum absolute atomic E-state index is 0.852. The molecular weight excluding hydrogens is 204 g/mol. The number of aryl methyl sites for hydroxylation is 3. The monoisotopic (exact) mass is 220 g/mol. The maximum Gasteiger partial charge on any atom is 0.202 e. The van der Waals surface area contributed by atoms with Crippen LogP contribution in [0.5, 0.6) is 0 Å². The van der Waals surface area contributed by atoms with Crippen molar-refractivity contribution in [3.63, 3.8) is 0 Å². The van der Waals surface area contributed by atoms with E-state index in [1.165, 1.54) is 0 Å². The van der Waals surface area contributed by atoms with Crippen LogP contribution in [0, 0.1) is 0 Å². The molecule has 6 nitrogen and oxygen atoms in total. The van der Waals surface area contributed by atoms with E-state index in [9.17, 15) is 0 Å². The molecule has 0 aliphatic rings. The van der Waals surface area contributed by atoms with E-state index in [4.69, 9.17) is 0 Å². The standard InChI is InChI=1S/C10H16N6/c1-3-11-10-12-5-7-16(10)6-4-9-14-13-8-15(9)2/h5,7-8H,3-4,6H2,1-2H3,(H,11,12). The number of nitrogens with zero attached hydrogens (tertiary/aromatic N) is 5. The van der Waals surface area contributed by atoms with Gasteiger partial charge in [0.25, 0.3) is 0 Å². The van der Waals surface area contributed by atoms with Gasteiger partial charge in [0.05, 0.1) is 0 Å². The Labute approximate surface area is 94.3 Å². The van der Waals surface area contributed by atoms with Gasteiger partial charge in [0.2, 0.25) is 5.95 Å². The van der Waals surface area contributed by atoms with Crippen LogP contribution in [0.3, 0.4) is 0 Å². The molecule has 2 aromatic rings.